The Morgan fingerprint density at radius 3 is 1.43 bits per heavy atom. The van der Waals surface area contributed by atoms with Gasteiger partial charge in [-0.25, -0.2) is 0 Å². The first-order valence-corrected chi connectivity index (χ1v) is 20.8. The number of hydrogen-bond donors (Lipinski definition) is 0. The van der Waals surface area contributed by atoms with Gasteiger partial charge in [0.1, 0.15) is 0 Å². The van der Waals surface area contributed by atoms with Gasteiger partial charge in [-0.3, -0.25) is 0 Å². The van der Waals surface area contributed by atoms with Gasteiger partial charge in [-0.05, 0) is 119 Å². The van der Waals surface area contributed by atoms with Gasteiger partial charge in [-0.2, -0.15) is 0 Å². The van der Waals surface area contributed by atoms with E-state index in [9.17, 15) is 0 Å². The van der Waals surface area contributed by atoms with Crippen LogP contribution >= 0.6 is 0 Å². The molecule has 10 aromatic rings. The van der Waals surface area contributed by atoms with Crippen LogP contribution in [0.15, 0.2) is 237 Å². The van der Waals surface area contributed by atoms with Crippen molar-refractivity contribution in [3.05, 3.63) is 259 Å². The molecule has 0 saturated heterocycles. The molecule has 0 aromatic heterocycles. The third-order valence-corrected chi connectivity index (χ3v) is 12.9. The van der Waals surface area contributed by atoms with E-state index in [4.69, 9.17) is 0 Å². The Hall–Kier alpha value is -7.74. The Balaban J connectivity index is 1.05. The number of anilines is 3. The summed E-state index contributed by atoms with van der Waals surface area (Å²) < 4.78 is 0. The molecule has 0 saturated carbocycles. The smallest absolute Gasteiger partial charge is 0.0734 e. The quantitative estimate of drug-likeness (QED) is 0.156. The molecule has 0 aliphatic heterocycles. The van der Waals surface area contributed by atoms with Crippen LogP contribution in [0.3, 0.4) is 0 Å². The largest absolute Gasteiger partial charge is 0.310 e. The molecule has 0 amide bonds. The van der Waals surface area contributed by atoms with Crippen molar-refractivity contribution in [2.75, 3.05) is 4.90 Å². The fourth-order valence-corrected chi connectivity index (χ4v) is 10.3. The summed E-state index contributed by atoms with van der Waals surface area (Å²) in [5, 5.41) is 2.65. The zero-order valence-electron chi connectivity index (χ0n) is 33.0. The molecule has 1 nitrogen and oxygen atoms in total. The van der Waals surface area contributed by atoms with Crippen LogP contribution in [-0.2, 0) is 5.41 Å². The highest BCUT2D eigenvalue weighted by atomic mass is 15.1. The molecule has 0 heterocycles. The monoisotopic (exact) mass is 761 g/mol. The molecule has 280 valence electrons. The maximum absolute atomic E-state index is 2.48. The summed E-state index contributed by atoms with van der Waals surface area (Å²) in [6, 6.07) is 87.3. The second kappa shape index (κ2) is 13.7. The first-order chi connectivity index (χ1) is 29.8. The fourth-order valence-electron chi connectivity index (χ4n) is 10.3. The number of hydrogen-bond acceptors (Lipinski definition) is 1. The van der Waals surface area contributed by atoms with Gasteiger partial charge in [0.2, 0.25) is 0 Å². The van der Waals surface area contributed by atoms with Crippen molar-refractivity contribution in [2.24, 2.45) is 0 Å². The maximum Gasteiger partial charge on any atom is 0.0734 e. The Morgan fingerprint density at radius 1 is 0.300 bits per heavy atom. The van der Waals surface area contributed by atoms with Gasteiger partial charge in [0.05, 0.1) is 11.1 Å². The number of rotatable bonds is 7. The van der Waals surface area contributed by atoms with Crippen LogP contribution in [0.5, 0.6) is 0 Å². The number of benzene rings is 10. The predicted octanol–water partition coefficient (Wildman–Crippen LogP) is 15.7. The van der Waals surface area contributed by atoms with Crippen molar-refractivity contribution >= 4 is 27.8 Å². The van der Waals surface area contributed by atoms with E-state index in [1.54, 1.807) is 0 Å². The van der Waals surface area contributed by atoms with Crippen LogP contribution in [0.2, 0.25) is 0 Å². The summed E-state index contributed by atoms with van der Waals surface area (Å²) in [6.45, 7) is 0. The van der Waals surface area contributed by atoms with Gasteiger partial charge < -0.3 is 4.90 Å². The average Bonchev–Trinajstić information content (AvgIpc) is 3.82. The zero-order valence-corrected chi connectivity index (χ0v) is 33.0. The molecule has 0 N–H and O–H groups in total. The minimum absolute atomic E-state index is 0.557. The Morgan fingerprint density at radius 2 is 0.783 bits per heavy atom. The molecule has 0 fully saturated rings. The van der Waals surface area contributed by atoms with Crippen molar-refractivity contribution in [1.82, 2.24) is 0 Å². The molecule has 0 bridgehead atoms. The molecular weight excluding hydrogens is 723 g/mol. The van der Waals surface area contributed by atoms with E-state index < -0.39 is 5.41 Å². The summed E-state index contributed by atoms with van der Waals surface area (Å²) in [4.78, 5) is 2.48. The first-order valence-electron chi connectivity index (χ1n) is 20.8. The van der Waals surface area contributed by atoms with Crippen LogP contribution in [0, 0.1) is 0 Å². The van der Waals surface area contributed by atoms with E-state index >= 15 is 0 Å². The van der Waals surface area contributed by atoms with Crippen molar-refractivity contribution in [3.63, 3.8) is 0 Å². The van der Waals surface area contributed by atoms with E-state index in [2.05, 4.69) is 241 Å². The zero-order chi connectivity index (χ0) is 39.6. The molecule has 2 aliphatic carbocycles. The third-order valence-electron chi connectivity index (χ3n) is 12.9. The maximum atomic E-state index is 2.48. The summed E-state index contributed by atoms with van der Waals surface area (Å²) in [5.74, 6) is 0. The number of nitrogens with zero attached hydrogens (tertiary/aromatic N) is 1. The first kappa shape index (κ1) is 34.3. The second-order valence-electron chi connectivity index (χ2n) is 16.0. The van der Waals surface area contributed by atoms with E-state index in [1.807, 2.05) is 0 Å². The number of fused-ring (bicyclic) bond motifs is 6. The molecule has 1 heteroatoms. The molecule has 0 atom stereocenters. The molecule has 0 radical (unpaired) electrons. The highest BCUT2D eigenvalue weighted by molar-refractivity contribution is 6.15. The van der Waals surface area contributed by atoms with Gasteiger partial charge in [-0.15, -0.1) is 0 Å². The van der Waals surface area contributed by atoms with Crippen LogP contribution in [0.4, 0.5) is 17.1 Å². The van der Waals surface area contributed by atoms with Gasteiger partial charge in [0.25, 0.3) is 0 Å². The molecule has 10 aromatic carbocycles. The Bertz CT molecular complexity index is 3180. The predicted molar refractivity (Wildman–Crippen MR) is 251 cm³/mol. The topological polar surface area (TPSA) is 3.24 Å². The third kappa shape index (κ3) is 5.13. The van der Waals surface area contributed by atoms with E-state index in [-0.39, 0.29) is 0 Å². The Kier molecular flexibility index (Phi) is 7.83. The van der Waals surface area contributed by atoms with Crippen LogP contribution in [-0.4, -0.2) is 0 Å². The van der Waals surface area contributed by atoms with Gasteiger partial charge in [0, 0.05) is 16.9 Å². The van der Waals surface area contributed by atoms with Crippen molar-refractivity contribution in [3.8, 4) is 55.6 Å². The molecule has 12 rings (SSSR count). The average molecular weight is 762 g/mol. The van der Waals surface area contributed by atoms with Gasteiger partial charge in [0.15, 0.2) is 0 Å². The summed E-state index contributed by atoms with van der Waals surface area (Å²) in [7, 11) is 0. The molecular formula is C59H39N. The lowest BCUT2D eigenvalue weighted by Crippen LogP contribution is -2.30. The van der Waals surface area contributed by atoms with Gasteiger partial charge in [-0.1, -0.05) is 200 Å². The second-order valence-corrected chi connectivity index (χ2v) is 16.0. The molecule has 0 spiro atoms. The lowest BCUT2D eigenvalue weighted by molar-refractivity contribution is 0.768. The SMILES string of the molecule is c1ccc(-c2ccc(N(c3ccc(-c4ccc5c(c4)-c4cccc6cccc-5c46)cc3)c3cccc4c3C(c3ccccc3)(c3ccccc3)c3ccccc3-4)cc2)cc1. The highest BCUT2D eigenvalue weighted by Crippen LogP contribution is 2.60. The molecule has 0 unspecified atom stereocenters. The van der Waals surface area contributed by atoms with Crippen molar-refractivity contribution in [2.45, 2.75) is 5.41 Å². The Labute approximate surface area is 351 Å². The van der Waals surface area contributed by atoms with E-state index in [0.29, 0.717) is 0 Å². The lowest BCUT2D eigenvalue weighted by atomic mass is 9.67. The molecule has 2 aliphatic rings. The minimum atomic E-state index is -0.557. The molecule has 60 heavy (non-hydrogen) atoms. The van der Waals surface area contributed by atoms with Crippen LogP contribution in [0.1, 0.15) is 22.3 Å². The van der Waals surface area contributed by atoms with Crippen molar-refractivity contribution in [1.29, 1.82) is 0 Å². The van der Waals surface area contributed by atoms with Crippen molar-refractivity contribution < 1.29 is 0 Å². The van der Waals surface area contributed by atoms with Crippen LogP contribution in [0.25, 0.3) is 66.4 Å². The lowest BCUT2D eigenvalue weighted by Gasteiger charge is -2.38. The summed E-state index contributed by atoms with van der Waals surface area (Å²) in [5.41, 5.74) is 20.5. The summed E-state index contributed by atoms with van der Waals surface area (Å²) in [6.07, 6.45) is 0. The van der Waals surface area contributed by atoms with Gasteiger partial charge >= 0.3 is 0 Å². The van der Waals surface area contributed by atoms with Crippen LogP contribution < -0.4 is 4.90 Å². The fraction of sp³-hybridized carbons (Fsp3) is 0.0169. The van der Waals surface area contributed by atoms with E-state index in [0.717, 1.165) is 17.1 Å². The highest BCUT2D eigenvalue weighted by Gasteiger charge is 2.48. The van der Waals surface area contributed by atoms with E-state index in [1.165, 1.54) is 88.7 Å². The minimum Gasteiger partial charge on any atom is -0.310 e. The standard InChI is InChI=1S/C59H39N/c1-4-15-40(16-5-1)41-29-34-47(35-30-41)60(48-36-31-42(32-37-48)44-33-38-49-51-24-12-17-43-18-13-25-52(57(43)51)54(49)39-44)56-28-14-26-53-50-23-10-11-27-55(50)59(58(53)56,45-19-6-2-7-20-45)46-21-8-3-9-22-46/h1-39H. The normalized spacial score (nSPS) is 12.8. The summed E-state index contributed by atoms with van der Waals surface area (Å²) >= 11 is 0.